The smallest absolute Gasteiger partial charge is 0.316 e. The van der Waals surface area contributed by atoms with E-state index in [4.69, 9.17) is 16.3 Å². The van der Waals surface area contributed by atoms with Gasteiger partial charge in [0.1, 0.15) is 5.75 Å². The number of piperazine rings is 1. The van der Waals surface area contributed by atoms with Gasteiger partial charge in [-0.2, -0.15) is 0 Å². The molecule has 0 saturated carbocycles. The molecule has 0 radical (unpaired) electrons. The first-order valence-electron chi connectivity index (χ1n) is 7.58. The lowest BCUT2D eigenvalue weighted by atomic mass is 10.1. The summed E-state index contributed by atoms with van der Waals surface area (Å²) in [6, 6.07) is 14.4. The molecule has 0 aliphatic carbocycles. The van der Waals surface area contributed by atoms with Crippen LogP contribution in [0.2, 0.25) is 5.02 Å². The first-order chi connectivity index (χ1) is 11.6. The molecular weight excluding hydrogens is 328 g/mol. The number of nitrogens with zero attached hydrogens (tertiary/aromatic N) is 2. The highest BCUT2D eigenvalue weighted by Crippen LogP contribution is 2.23. The predicted octanol–water partition coefficient (Wildman–Crippen LogP) is 2.72. The first-order valence-corrected chi connectivity index (χ1v) is 7.95. The van der Waals surface area contributed by atoms with Gasteiger partial charge in [-0.25, -0.2) is 0 Å². The summed E-state index contributed by atoms with van der Waals surface area (Å²) in [6.45, 7) is 1.29. The van der Waals surface area contributed by atoms with Gasteiger partial charge in [0.05, 0.1) is 7.11 Å². The van der Waals surface area contributed by atoms with E-state index in [0.29, 0.717) is 30.3 Å². The van der Waals surface area contributed by atoms with Crippen LogP contribution in [0, 0.1) is 0 Å². The van der Waals surface area contributed by atoms with E-state index in [1.165, 1.54) is 4.90 Å². The molecule has 6 heteroatoms. The topological polar surface area (TPSA) is 49.9 Å². The van der Waals surface area contributed by atoms with Crippen LogP contribution >= 0.6 is 11.6 Å². The number of anilines is 1. The summed E-state index contributed by atoms with van der Waals surface area (Å²) in [4.78, 5) is 27.9. The lowest BCUT2D eigenvalue weighted by Gasteiger charge is -2.33. The summed E-state index contributed by atoms with van der Waals surface area (Å²) in [5, 5.41) is 0.534. The number of ether oxygens (including phenoxy) is 1. The fourth-order valence-electron chi connectivity index (χ4n) is 2.71. The molecule has 5 nitrogen and oxygen atoms in total. The third-order valence-corrected chi connectivity index (χ3v) is 4.17. The Hall–Kier alpha value is -2.53. The molecule has 124 valence electrons. The van der Waals surface area contributed by atoms with Crippen LogP contribution in [-0.2, 0) is 16.1 Å². The second kappa shape index (κ2) is 6.93. The van der Waals surface area contributed by atoms with E-state index in [0.717, 1.165) is 11.3 Å². The predicted molar refractivity (Wildman–Crippen MR) is 92.2 cm³/mol. The Balaban J connectivity index is 1.74. The van der Waals surface area contributed by atoms with Crippen molar-refractivity contribution >= 4 is 29.1 Å². The van der Waals surface area contributed by atoms with Crippen molar-refractivity contribution in [2.45, 2.75) is 6.54 Å². The molecule has 1 fully saturated rings. The highest BCUT2D eigenvalue weighted by Gasteiger charge is 2.33. The molecule has 2 amide bonds. The van der Waals surface area contributed by atoms with Gasteiger partial charge in [-0.05, 0) is 35.9 Å². The van der Waals surface area contributed by atoms with Gasteiger partial charge in [0, 0.05) is 30.3 Å². The Bertz CT molecular complexity index is 778. The normalized spacial score (nSPS) is 14.9. The second-order valence-electron chi connectivity index (χ2n) is 5.51. The molecule has 1 heterocycles. The Morgan fingerprint density at radius 1 is 1.04 bits per heavy atom. The summed E-state index contributed by atoms with van der Waals surface area (Å²) in [5.41, 5.74) is 1.56. The minimum atomic E-state index is -0.536. The van der Waals surface area contributed by atoms with Crippen LogP contribution in [0.5, 0.6) is 5.75 Å². The van der Waals surface area contributed by atoms with Crippen LogP contribution in [0.25, 0.3) is 0 Å². The van der Waals surface area contributed by atoms with Crippen molar-refractivity contribution in [3.63, 3.8) is 0 Å². The van der Waals surface area contributed by atoms with Gasteiger partial charge in [-0.3, -0.25) is 9.59 Å². The van der Waals surface area contributed by atoms with Crippen LogP contribution in [0.3, 0.4) is 0 Å². The molecule has 3 rings (SSSR count). The maximum Gasteiger partial charge on any atom is 0.316 e. The highest BCUT2D eigenvalue weighted by molar-refractivity contribution is 6.41. The number of carbonyl (C=O) groups is 2. The number of methoxy groups -OCH3 is 1. The van der Waals surface area contributed by atoms with E-state index in [9.17, 15) is 9.59 Å². The molecule has 0 N–H and O–H groups in total. The summed E-state index contributed by atoms with van der Waals surface area (Å²) in [5.74, 6) is -0.320. The van der Waals surface area contributed by atoms with Gasteiger partial charge in [0.2, 0.25) is 0 Å². The maximum absolute atomic E-state index is 12.4. The van der Waals surface area contributed by atoms with Crippen molar-refractivity contribution in [2.24, 2.45) is 0 Å². The van der Waals surface area contributed by atoms with E-state index in [1.54, 1.807) is 36.3 Å². The number of hydrogen-bond acceptors (Lipinski definition) is 3. The van der Waals surface area contributed by atoms with Gasteiger partial charge in [-0.1, -0.05) is 29.8 Å². The molecule has 0 unspecified atom stereocenters. The molecule has 1 aliphatic heterocycles. The average molecular weight is 345 g/mol. The van der Waals surface area contributed by atoms with Crippen LogP contribution < -0.4 is 9.64 Å². The average Bonchev–Trinajstić information content (AvgIpc) is 2.59. The van der Waals surface area contributed by atoms with Gasteiger partial charge >= 0.3 is 11.8 Å². The van der Waals surface area contributed by atoms with Gasteiger partial charge < -0.3 is 14.5 Å². The lowest BCUT2D eigenvalue weighted by Crippen LogP contribution is -2.54. The highest BCUT2D eigenvalue weighted by atomic mass is 35.5. The van der Waals surface area contributed by atoms with E-state index in [2.05, 4.69) is 0 Å². The number of carbonyl (C=O) groups excluding carboxylic acids is 2. The number of halogens is 1. The fraction of sp³-hybridized carbons (Fsp3) is 0.222. The third-order valence-electron chi connectivity index (χ3n) is 3.94. The van der Waals surface area contributed by atoms with Crippen LogP contribution in [0.4, 0.5) is 5.69 Å². The number of benzene rings is 2. The van der Waals surface area contributed by atoms with E-state index in [-0.39, 0.29) is 0 Å². The Morgan fingerprint density at radius 2 is 1.83 bits per heavy atom. The van der Waals surface area contributed by atoms with Crippen molar-refractivity contribution in [2.75, 3.05) is 25.1 Å². The van der Waals surface area contributed by atoms with Crippen LogP contribution in [0.15, 0.2) is 48.5 Å². The molecule has 0 spiro atoms. The van der Waals surface area contributed by atoms with E-state index < -0.39 is 11.8 Å². The van der Waals surface area contributed by atoms with Gasteiger partial charge in [0.25, 0.3) is 0 Å². The molecule has 1 aliphatic rings. The molecule has 24 heavy (non-hydrogen) atoms. The molecule has 2 aromatic rings. The van der Waals surface area contributed by atoms with Crippen molar-refractivity contribution < 1.29 is 14.3 Å². The van der Waals surface area contributed by atoms with Gasteiger partial charge in [-0.15, -0.1) is 0 Å². The number of amides is 2. The van der Waals surface area contributed by atoms with E-state index >= 15 is 0 Å². The summed E-state index contributed by atoms with van der Waals surface area (Å²) < 4.78 is 5.19. The Kier molecular flexibility index (Phi) is 4.71. The zero-order valence-electron chi connectivity index (χ0n) is 13.2. The zero-order valence-corrected chi connectivity index (χ0v) is 14.0. The van der Waals surface area contributed by atoms with Crippen molar-refractivity contribution in [3.05, 3.63) is 59.1 Å². The van der Waals surface area contributed by atoms with Crippen molar-refractivity contribution in [1.29, 1.82) is 0 Å². The van der Waals surface area contributed by atoms with Crippen molar-refractivity contribution in [1.82, 2.24) is 4.90 Å². The van der Waals surface area contributed by atoms with Crippen LogP contribution in [-0.4, -0.2) is 36.9 Å². The Labute approximate surface area is 145 Å². The number of hydrogen-bond donors (Lipinski definition) is 0. The molecule has 1 saturated heterocycles. The minimum Gasteiger partial charge on any atom is -0.497 e. The first kappa shape index (κ1) is 16.3. The largest absolute Gasteiger partial charge is 0.497 e. The monoisotopic (exact) mass is 344 g/mol. The second-order valence-corrected chi connectivity index (χ2v) is 5.95. The van der Waals surface area contributed by atoms with Crippen LogP contribution in [0.1, 0.15) is 5.56 Å². The Morgan fingerprint density at radius 3 is 2.58 bits per heavy atom. The third kappa shape index (κ3) is 3.36. The molecule has 0 aromatic heterocycles. The summed E-state index contributed by atoms with van der Waals surface area (Å²) in [7, 11) is 1.59. The quantitative estimate of drug-likeness (QED) is 0.801. The molecule has 2 aromatic carbocycles. The standard InChI is InChI=1S/C18H17ClN2O3/c1-24-16-7-2-4-13(10-16)12-20-8-9-21(18(23)17(20)22)15-6-3-5-14(19)11-15/h2-7,10-11H,8-9,12H2,1H3. The molecule has 0 atom stereocenters. The SMILES string of the molecule is COc1cccc(CN2CCN(c3cccc(Cl)c3)C(=O)C2=O)c1. The van der Waals surface area contributed by atoms with Gasteiger partial charge in [0.15, 0.2) is 0 Å². The molecule has 0 bridgehead atoms. The lowest BCUT2D eigenvalue weighted by molar-refractivity contribution is -0.146. The van der Waals surface area contributed by atoms with E-state index in [1.807, 2.05) is 24.3 Å². The zero-order chi connectivity index (χ0) is 17.1. The number of rotatable bonds is 4. The maximum atomic E-state index is 12.4. The molecular formula is C18H17ClN2O3. The fourth-order valence-corrected chi connectivity index (χ4v) is 2.89. The van der Waals surface area contributed by atoms with Crippen molar-refractivity contribution in [3.8, 4) is 5.75 Å². The minimum absolute atomic E-state index is 0.380. The summed E-state index contributed by atoms with van der Waals surface area (Å²) in [6.07, 6.45) is 0. The summed E-state index contributed by atoms with van der Waals surface area (Å²) >= 11 is 5.97.